The molecule has 9 heteroatoms. The lowest BCUT2D eigenvalue weighted by Gasteiger charge is -2.19. The number of sulfonamides is 1. The first-order valence-electron chi connectivity index (χ1n) is 9.90. The fourth-order valence-electron chi connectivity index (χ4n) is 3.48. The third kappa shape index (κ3) is 5.47. The minimum Gasteiger partial charge on any atom is -0.462 e. The van der Waals surface area contributed by atoms with Crippen LogP contribution in [0, 0.1) is 0 Å². The average molecular weight is 451 g/mol. The summed E-state index contributed by atoms with van der Waals surface area (Å²) in [4.78, 5) is 26.4. The number of carbonyl (C=O) groups is 2. The Morgan fingerprint density at radius 2 is 1.87 bits per heavy atom. The molecule has 1 aromatic heterocycles. The smallest absolute Gasteiger partial charge is 0.341 e. The van der Waals surface area contributed by atoms with Gasteiger partial charge in [0.25, 0.3) is 0 Å². The van der Waals surface area contributed by atoms with Crippen molar-refractivity contribution in [3.05, 3.63) is 51.9 Å². The number of nitrogens with zero attached hydrogens (tertiary/aromatic N) is 1. The van der Waals surface area contributed by atoms with E-state index in [4.69, 9.17) is 4.74 Å². The van der Waals surface area contributed by atoms with Gasteiger partial charge in [-0.05, 0) is 43.7 Å². The molecule has 1 amide bonds. The van der Waals surface area contributed by atoms with Gasteiger partial charge in [0.15, 0.2) is 0 Å². The highest BCUT2D eigenvalue weighted by molar-refractivity contribution is 7.88. The molecule has 0 spiro atoms. The number of carbonyl (C=O) groups excluding carboxylic acids is 2. The number of amides is 1. The summed E-state index contributed by atoms with van der Waals surface area (Å²) >= 11 is 1.38. The number of rotatable bonds is 8. The first kappa shape index (κ1) is 22.5. The summed E-state index contributed by atoms with van der Waals surface area (Å²) in [5.74, 6) is -0.933. The molecule has 0 bridgehead atoms. The number of hydrogen-bond acceptors (Lipinski definition) is 6. The first-order valence-corrected chi connectivity index (χ1v) is 12.6. The summed E-state index contributed by atoms with van der Waals surface area (Å²) in [5.41, 5.74) is 2.15. The van der Waals surface area contributed by atoms with Crippen LogP contribution in [0.4, 0.5) is 5.00 Å². The molecule has 1 aromatic carbocycles. The molecule has 0 unspecified atom stereocenters. The van der Waals surface area contributed by atoms with Gasteiger partial charge in [-0.15, -0.1) is 11.3 Å². The minimum absolute atomic E-state index is 0.0960. The lowest BCUT2D eigenvalue weighted by Crippen LogP contribution is -2.37. The van der Waals surface area contributed by atoms with Crippen molar-refractivity contribution < 1.29 is 22.7 Å². The number of thiophene rings is 1. The number of esters is 1. The Kier molecular flexibility index (Phi) is 7.27. The Hall–Kier alpha value is -2.23. The fourth-order valence-corrected chi connectivity index (χ4v) is 5.51. The molecule has 2 aromatic rings. The highest BCUT2D eigenvalue weighted by Gasteiger charge is 2.28. The number of aryl methyl sites for hydroxylation is 1. The van der Waals surface area contributed by atoms with Crippen LogP contribution in [0.5, 0.6) is 0 Å². The van der Waals surface area contributed by atoms with Crippen LogP contribution in [-0.2, 0) is 38.9 Å². The van der Waals surface area contributed by atoms with Crippen molar-refractivity contribution in [2.45, 2.75) is 39.2 Å². The summed E-state index contributed by atoms with van der Waals surface area (Å²) in [6.45, 7) is 1.75. The van der Waals surface area contributed by atoms with Crippen molar-refractivity contribution >= 4 is 38.2 Å². The Morgan fingerprint density at radius 3 is 2.53 bits per heavy atom. The normalized spacial score (nSPS) is 13.7. The molecule has 0 radical (unpaired) electrons. The van der Waals surface area contributed by atoms with Crippen LogP contribution in [0.1, 0.15) is 46.1 Å². The second-order valence-corrected chi connectivity index (χ2v) is 10.3. The highest BCUT2D eigenvalue weighted by Crippen LogP contribution is 2.38. The van der Waals surface area contributed by atoms with Gasteiger partial charge in [0, 0.05) is 11.4 Å². The van der Waals surface area contributed by atoms with Crippen LogP contribution in [0.3, 0.4) is 0 Å². The topological polar surface area (TPSA) is 92.8 Å². The van der Waals surface area contributed by atoms with E-state index >= 15 is 0 Å². The SMILES string of the molecule is CCOC(=O)c1c(NC(=O)CN(Cc2ccccc2)S(C)(=O)=O)sc2c1CCCC2. The molecule has 30 heavy (non-hydrogen) atoms. The van der Waals surface area contributed by atoms with Crippen molar-refractivity contribution in [3.63, 3.8) is 0 Å². The largest absolute Gasteiger partial charge is 0.462 e. The Balaban J connectivity index is 1.80. The van der Waals surface area contributed by atoms with Gasteiger partial charge >= 0.3 is 5.97 Å². The maximum Gasteiger partial charge on any atom is 0.341 e. The van der Waals surface area contributed by atoms with E-state index in [2.05, 4.69) is 5.32 Å². The van der Waals surface area contributed by atoms with Crippen LogP contribution in [-0.4, -0.2) is 44.0 Å². The molecule has 1 aliphatic carbocycles. The van der Waals surface area contributed by atoms with E-state index in [1.165, 1.54) is 11.3 Å². The molecular weight excluding hydrogens is 424 g/mol. The third-order valence-corrected chi connectivity index (χ3v) is 7.30. The second kappa shape index (κ2) is 9.72. The lowest BCUT2D eigenvalue weighted by molar-refractivity contribution is -0.116. The summed E-state index contributed by atoms with van der Waals surface area (Å²) < 4.78 is 30.8. The number of benzene rings is 1. The average Bonchev–Trinajstić information content (AvgIpc) is 3.05. The van der Waals surface area contributed by atoms with Crippen LogP contribution in [0.15, 0.2) is 30.3 Å². The highest BCUT2D eigenvalue weighted by atomic mass is 32.2. The zero-order chi connectivity index (χ0) is 21.7. The van der Waals surface area contributed by atoms with E-state index in [1.807, 2.05) is 30.3 Å². The summed E-state index contributed by atoms with van der Waals surface area (Å²) in [6.07, 6.45) is 4.76. The molecule has 0 saturated heterocycles. The van der Waals surface area contributed by atoms with Crippen LogP contribution >= 0.6 is 11.3 Å². The van der Waals surface area contributed by atoms with Crippen molar-refractivity contribution in [1.29, 1.82) is 0 Å². The molecule has 3 rings (SSSR count). The van der Waals surface area contributed by atoms with Crippen molar-refractivity contribution in [1.82, 2.24) is 4.31 Å². The van der Waals surface area contributed by atoms with Gasteiger partial charge in [-0.3, -0.25) is 4.79 Å². The lowest BCUT2D eigenvalue weighted by atomic mass is 9.95. The maximum atomic E-state index is 12.7. The van der Waals surface area contributed by atoms with Gasteiger partial charge in [-0.2, -0.15) is 4.31 Å². The third-order valence-electron chi connectivity index (χ3n) is 4.89. The number of anilines is 1. The van der Waals surface area contributed by atoms with Crippen molar-refractivity contribution in [2.75, 3.05) is 24.7 Å². The van der Waals surface area contributed by atoms with Crippen molar-refractivity contribution in [3.8, 4) is 0 Å². The number of fused-ring (bicyclic) bond motifs is 1. The van der Waals surface area contributed by atoms with Gasteiger partial charge in [-0.1, -0.05) is 30.3 Å². The van der Waals surface area contributed by atoms with E-state index < -0.39 is 21.9 Å². The molecule has 1 heterocycles. The van der Waals surface area contributed by atoms with Gasteiger partial charge in [0.1, 0.15) is 5.00 Å². The predicted molar refractivity (Wildman–Crippen MR) is 117 cm³/mol. The van der Waals surface area contributed by atoms with Crippen LogP contribution < -0.4 is 5.32 Å². The fraction of sp³-hybridized carbons (Fsp3) is 0.429. The summed E-state index contributed by atoms with van der Waals surface area (Å²) in [5, 5.41) is 3.21. The zero-order valence-electron chi connectivity index (χ0n) is 17.1. The van der Waals surface area contributed by atoms with E-state index in [1.54, 1.807) is 6.92 Å². The molecule has 0 fully saturated rings. The number of ether oxygens (including phenoxy) is 1. The minimum atomic E-state index is -3.60. The predicted octanol–water partition coefficient (Wildman–Crippen LogP) is 3.20. The number of nitrogens with one attached hydrogen (secondary N) is 1. The standard InChI is InChI=1S/C21H26N2O5S2/c1-3-28-21(25)19-16-11-7-8-12-17(16)29-20(19)22-18(24)14-23(30(2,26)27)13-15-9-5-4-6-10-15/h4-6,9-10H,3,7-8,11-14H2,1-2H3,(H,22,24). The van der Waals surface area contributed by atoms with Gasteiger partial charge in [-0.25, -0.2) is 13.2 Å². The van der Waals surface area contributed by atoms with E-state index in [0.717, 1.165) is 52.2 Å². The van der Waals surface area contributed by atoms with Crippen LogP contribution in [0.2, 0.25) is 0 Å². The molecule has 0 saturated carbocycles. The number of hydrogen-bond donors (Lipinski definition) is 1. The molecule has 1 N–H and O–H groups in total. The van der Waals surface area contributed by atoms with Gasteiger partial charge in [0.2, 0.25) is 15.9 Å². The molecule has 1 aliphatic rings. The molecular formula is C21H26N2O5S2. The maximum absolute atomic E-state index is 12.7. The molecule has 0 aliphatic heterocycles. The van der Waals surface area contributed by atoms with Gasteiger partial charge < -0.3 is 10.1 Å². The van der Waals surface area contributed by atoms with E-state index in [9.17, 15) is 18.0 Å². The van der Waals surface area contributed by atoms with Crippen molar-refractivity contribution in [2.24, 2.45) is 0 Å². The van der Waals surface area contributed by atoms with Gasteiger partial charge in [0.05, 0.1) is 25.0 Å². The Labute approximate surface area is 181 Å². The van der Waals surface area contributed by atoms with E-state index in [-0.39, 0.29) is 19.7 Å². The molecule has 162 valence electrons. The quantitative estimate of drug-likeness (QED) is 0.624. The Morgan fingerprint density at radius 1 is 1.17 bits per heavy atom. The summed E-state index contributed by atoms with van der Waals surface area (Å²) in [7, 11) is -3.60. The van der Waals surface area contributed by atoms with Crippen LogP contribution in [0.25, 0.3) is 0 Å². The second-order valence-electron chi connectivity index (χ2n) is 7.20. The Bertz CT molecular complexity index is 1020. The zero-order valence-corrected chi connectivity index (χ0v) is 18.8. The summed E-state index contributed by atoms with van der Waals surface area (Å²) in [6, 6.07) is 9.09. The monoisotopic (exact) mass is 450 g/mol. The van der Waals surface area contributed by atoms with E-state index in [0.29, 0.717) is 10.6 Å². The first-order chi connectivity index (χ1) is 14.3. The molecule has 0 atom stereocenters. The molecule has 7 nitrogen and oxygen atoms in total.